The van der Waals surface area contributed by atoms with Crippen molar-refractivity contribution >= 4 is 43.4 Å². The summed E-state index contributed by atoms with van der Waals surface area (Å²) in [5.74, 6) is 1.17. The average Bonchev–Trinajstić information content (AvgIpc) is 3.10. The molecule has 0 aliphatic carbocycles. The summed E-state index contributed by atoms with van der Waals surface area (Å²) in [7, 11) is 1.88. The molecule has 4 rings (SSSR count). The Labute approximate surface area is 143 Å². The molecule has 1 aromatic heterocycles. The normalized spacial score (nSPS) is 13.7. The maximum atomic E-state index is 12.4. The zero-order chi connectivity index (χ0) is 16.0. The predicted molar refractivity (Wildman–Crippen MR) is 91.0 cm³/mol. The Morgan fingerprint density at radius 2 is 2.04 bits per heavy atom. The van der Waals surface area contributed by atoms with Crippen LogP contribution in [0.4, 0.5) is 0 Å². The van der Waals surface area contributed by atoms with Crippen molar-refractivity contribution in [3.8, 4) is 11.5 Å². The first kappa shape index (κ1) is 14.5. The molecule has 0 N–H and O–H groups in total. The Balaban J connectivity index is 1.82. The van der Waals surface area contributed by atoms with Crippen LogP contribution >= 0.6 is 27.3 Å². The summed E-state index contributed by atoms with van der Waals surface area (Å²) in [6, 6.07) is 11.0. The van der Waals surface area contributed by atoms with Crippen LogP contribution in [0.5, 0.6) is 11.5 Å². The van der Waals surface area contributed by atoms with Gasteiger partial charge >= 0.3 is 0 Å². The van der Waals surface area contributed by atoms with Crippen molar-refractivity contribution in [2.24, 2.45) is 12.0 Å². The summed E-state index contributed by atoms with van der Waals surface area (Å²) in [5.41, 5.74) is 1.51. The van der Waals surface area contributed by atoms with Crippen LogP contribution in [-0.2, 0) is 7.05 Å². The highest BCUT2D eigenvalue weighted by Crippen LogP contribution is 2.36. The van der Waals surface area contributed by atoms with Gasteiger partial charge in [0.25, 0.3) is 5.91 Å². The van der Waals surface area contributed by atoms with E-state index in [4.69, 9.17) is 9.47 Å². The number of ether oxygens (including phenoxy) is 2. The van der Waals surface area contributed by atoms with Gasteiger partial charge < -0.3 is 14.0 Å². The SMILES string of the molecule is Cn1c(=NC(=O)c2cccc(Br)c2)sc2cc3c(cc21)OCO3. The number of aromatic nitrogens is 1. The second kappa shape index (κ2) is 5.50. The highest BCUT2D eigenvalue weighted by molar-refractivity contribution is 9.10. The second-order valence-corrected chi connectivity index (χ2v) is 6.97. The lowest BCUT2D eigenvalue weighted by Gasteiger charge is -1.98. The molecular formula is C16H11BrN2O3S. The number of hydrogen-bond donors (Lipinski definition) is 0. The molecule has 0 radical (unpaired) electrons. The summed E-state index contributed by atoms with van der Waals surface area (Å²) in [6.45, 7) is 0.245. The van der Waals surface area contributed by atoms with Gasteiger partial charge in [0.1, 0.15) is 0 Å². The number of aryl methyl sites for hydroxylation is 1. The first-order chi connectivity index (χ1) is 11.1. The number of amides is 1. The number of fused-ring (bicyclic) bond motifs is 2. The summed E-state index contributed by atoms with van der Waals surface area (Å²) < 4.78 is 14.5. The van der Waals surface area contributed by atoms with Gasteiger partial charge in [0.2, 0.25) is 6.79 Å². The third-order valence-corrected chi connectivity index (χ3v) is 5.16. The maximum Gasteiger partial charge on any atom is 0.279 e. The molecule has 0 atom stereocenters. The lowest BCUT2D eigenvalue weighted by Crippen LogP contribution is -2.13. The quantitative estimate of drug-likeness (QED) is 0.639. The number of thiazole rings is 1. The minimum absolute atomic E-state index is 0.245. The van der Waals surface area contributed by atoms with Crippen LogP contribution in [0.2, 0.25) is 0 Å². The molecule has 1 aliphatic rings. The van der Waals surface area contributed by atoms with E-state index in [9.17, 15) is 4.79 Å². The molecule has 1 amide bonds. The Morgan fingerprint density at radius 1 is 1.26 bits per heavy atom. The fourth-order valence-corrected chi connectivity index (χ4v) is 3.82. The molecule has 1 aliphatic heterocycles. The van der Waals surface area contributed by atoms with Gasteiger partial charge in [-0.3, -0.25) is 4.79 Å². The van der Waals surface area contributed by atoms with Gasteiger partial charge in [-0.05, 0) is 18.2 Å². The summed E-state index contributed by atoms with van der Waals surface area (Å²) in [6.07, 6.45) is 0. The molecule has 116 valence electrons. The van der Waals surface area contributed by atoms with Gasteiger partial charge in [0, 0.05) is 29.2 Å². The van der Waals surface area contributed by atoms with Gasteiger partial charge in [-0.2, -0.15) is 4.99 Å². The van der Waals surface area contributed by atoms with Crippen LogP contribution in [0.15, 0.2) is 45.9 Å². The van der Waals surface area contributed by atoms with Crippen molar-refractivity contribution in [3.63, 3.8) is 0 Å². The van der Waals surface area contributed by atoms with Crippen molar-refractivity contribution < 1.29 is 14.3 Å². The van der Waals surface area contributed by atoms with Crippen molar-refractivity contribution in [2.75, 3.05) is 6.79 Å². The third kappa shape index (κ3) is 2.55. The number of rotatable bonds is 1. The summed E-state index contributed by atoms with van der Waals surface area (Å²) in [4.78, 5) is 17.2. The Bertz CT molecular complexity index is 1010. The first-order valence-corrected chi connectivity index (χ1v) is 8.46. The molecule has 2 heterocycles. The number of benzene rings is 2. The van der Waals surface area contributed by atoms with Crippen LogP contribution in [0.3, 0.4) is 0 Å². The van der Waals surface area contributed by atoms with Crippen molar-refractivity contribution in [1.29, 1.82) is 0 Å². The van der Waals surface area contributed by atoms with Crippen LogP contribution in [-0.4, -0.2) is 17.3 Å². The smallest absolute Gasteiger partial charge is 0.279 e. The predicted octanol–water partition coefficient (Wildman–Crippen LogP) is 3.47. The fourth-order valence-electron chi connectivity index (χ4n) is 2.40. The molecular weight excluding hydrogens is 380 g/mol. The molecule has 0 unspecified atom stereocenters. The molecule has 0 saturated heterocycles. The molecule has 5 nitrogen and oxygen atoms in total. The van der Waals surface area contributed by atoms with Crippen LogP contribution in [0, 0.1) is 0 Å². The monoisotopic (exact) mass is 390 g/mol. The molecule has 3 aromatic rings. The highest BCUT2D eigenvalue weighted by Gasteiger charge is 2.17. The van der Waals surface area contributed by atoms with E-state index in [0.29, 0.717) is 10.4 Å². The minimum atomic E-state index is -0.270. The number of halogens is 1. The minimum Gasteiger partial charge on any atom is -0.454 e. The topological polar surface area (TPSA) is 52.8 Å². The standard InChI is InChI=1S/C16H11BrN2O3S/c1-19-11-6-12-13(22-8-21-12)7-14(11)23-16(19)18-15(20)9-3-2-4-10(17)5-9/h2-7H,8H2,1H3. The van der Waals surface area contributed by atoms with E-state index in [1.54, 1.807) is 12.1 Å². The molecule has 23 heavy (non-hydrogen) atoms. The summed E-state index contributed by atoms with van der Waals surface area (Å²) in [5, 5.41) is 0. The fraction of sp³-hybridized carbons (Fsp3) is 0.125. The van der Waals surface area contributed by atoms with E-state index in [0.717, 1.165) is 26.2 Å². The molecule has 7 heteroatoms. The zero-order valence-electron chi connectivity index (χ0n) is 12.1. The number of nitrogens with zero attached hydrogens (tertiary/aromatic N) is 2. The zero-order valence-corrected chi connectivity index (χ0v) is 14.5. The Hall–Kier alpha value is -2.12. The Morgan fingerprint density at radius 3 is 2.83 bits per heavy atom. The molecule has 0 fully saturated rings. The van der Waals surface area contributed by atoms with Crippen molar-refractivity contribution in [2.45, 2.75) is 0 Å². The van der Waals surface area contributed by atoms with E-state index in [-0.39, 0.29) is 12.7 Å². The summed E-state index contributed by atoms with van der Waals surface area (Å²) >= 11 is 4.81. The lowest BCUT2D eigenvalue weighted by atomic mass is 10.2. The molecule has 0 spiro atoms. The van der Waals surface area contributed by atoms with E-state index in [2.05, 4.69) is 20.9 Å². The van der Waals surface area contributed by atoms with Gasteiger partial charge in [0.15, 0.2) is 16.3 Å². The highest BCUT2D eigenvalue weighted by atomic mass is 79.9. The van der Waals surface area contributed by atoms with E-state index in [1.807, 2.05) is 35.9 Å². The number of carbonyl (C=O) groups is 1. The lowest BCUT2D eigenvalue weighted by molar-refractivity contribution is 0.0998. The Kier molecular flexibility index (Phi) is 3.46. The van der Waals surface area contributed by atoms with Crippen LogP contribution in [0.1, 0.15) is 10.4 Å². The number of carbonyl (C=O) groups excluding carboxylic acids is 1. The molecule has 0 saturated carbocycles. The average molecular weight is 391 g/mol. The van der Waals surface area contributed by atoms with Crippen molar-refractivity contribution in [3.05, 3.63) is 51.2 Å². The van der Waals surface area contributed by atoms with Gasteiger partial charge in [-0.15, -0.1) is 0 Å². The largest absolute Gasteiger partial charge is 0.454 e. The van der Waals surface area contributed by atoms with E-state index >= 15 is 0 Å². The van der Waals surface area contributed by atoms with Gasteiger partial charge in [-0.1, -0.05) is 33.3 Å². The maximum absolute atomic E-state index is 12.4. The second-order valence-electron chi connectivity index (χ2n) is 5.04. The van der Waals surface area contributed by atoms with Gasteiger partial charge in [-0.25, -0.2) is 0 Å². The van der Waals surface area contributed by atoms with E-state index in [1.165, 1.54) is 11.3 Å². The number of hydrogen-bond acceptors (Lipinski definition) is 4. The first-order valence-electron chi connectivity index (χ1n) is 6.85. The third-order valence-electron chi connectivity index (χ3n) is 3.57. The van der Waals surface area contributed by atoms with E-state index < -0.39 is 0 Å². The van der Waals surface area contributed by atoms with Gasteiger partial charge in [0.05, 0.1) is 10.2 Å². The molecule has 0 bridgehead atoms. The molecule has 2 aromatic carbocycles. The van der Waals surface area contributed by atoms with Crippen molar-refractivity contribution in [1.82, 2.24) is 4.57 Å². The van der Waals surface area contributed by atoms with Crippen LogP contribution in [0.25, 0.3) is 10.2 Å². The van der Waals surface area contributed by atoms with Crippen LogP contribution < -0.4 is 14.3 Å².